The van der Waals surface area contributed by atoms with Crippen molar-refractivity contribution in [3.8, 4) is 5.75 Å². The first-order valence-corrected chi connectivity index (χ1v) is 29.6. The number of aliphatic imine (C=N–C) groups is 1. The molecule has 2 aromatic carbocycles. The lowest BCUT2D eigenvalue weighted by Gasteiger charge is -2.37. The Kier molecular flexibility index (Phi) is 25.2. The maximum Gasteiger partial charge on any atom is 0.246 e. The van der Waals surface area contributed by atoms with Crippen molar-refractivity contribution in [1.29, 1.82) is 0 Å². The second-order valence-corrected chi connectivity index (χ2v) is 23.6. The fraction of sp³-hybridized carbons (Fsp3) is 0.574. The smallest absolute Gasteiger partial charge is 0.246 e. The summed E-state index contributed by atoms with van der Waals surface area (Å²) in [6, 6.07) is 6.90. The lowest BCUT2D eigenvalue weighted by Crippen LogP contribution is -2.61. The van der Waals surface area contributed by atoms with E-state index in [-0.39, 0.29) is 63.3 Å². The number of rotatable bonds is 20. The van der Waals surface area contributed by atoms with Gasteiger partial charge in [0.2, 0.25) is 59.1 Å². The molecule has 2 aliphatic heterocycles. The van der Waals surface area contributed by atoms with Crippen LogP contribution >= 0.6 is 21.6 Å². The number of primary amides is 2. The Morgan fingerprint density at radius 1 is 0.775 bits per heavy atom. The van der Waals surface area contributed by atoms with Crippen molar-refractivity contribution in [2.75, 3.05) is 32.0 Å². The molecule has 3 aliphatic rings. The number of guanidine groups is 1. The number of likely N-dealkylation sites (tertiary alicyclic amines) is 1. The number of nitrogens with two attached hydrogens (primary N) is 4. The highest BCUT2D eigenvalue weighted by Gasteiger charge is 2.42. The average Bonchev–Trinajstić information content (AvgIpc) is 3.91. The number of ether oxygens (including phenoxy) is 1. The van der Waals surface area contributed by atoms with Crippen LogP contribution in [-0.2, 0) is 60.8 Å². The van der Waals surface area contributed by atoms with Crippen LogP contribution in [0.25, 0.3) is 0 Å². The molecule has 5 rings (SSSR count). The highest BCUT2D eigenvalue weighted by atomic mass is 33.1. The Hall–Kier alpha value is -7.09. The first kappa shape index (κ1) is 63.7. The molecule has 80 heavy (non-hydrogen) atoms. The lowest BCUT2D eigenvalue weighted by molar-refractivity contribution is -0.142. The zero-order valence-corrected chi connectivity index (χ0v) is 47.4. The summed E-state index contributed by atoms with van der Waals surface area (Å²) in [5, 5.41) is 19.0. The van der Waals surface area contributed by atoms with Crippen LogP contribution in [0, 0.1) is 5.92 Å². The Balaban J connectivity index is 1.52. The summed E-state index contributed by atoms with van der Waals surface area (Å²) in [4.78, 5) is 144. The van der Waals surface area contributed by atoms with Gasteiger partial charge < -0.3 is 69.8 Å². The van der Waals surface area contributed by atoms with E-state index in [4.69, 9.17) is 27.7 Å². The Morgan fingerprint density at radius 3 is 2.05 bits per heavy atom. The third kappa shape index (κ3) is 20.2. The quantitative estimate of drug-likeness (QED) is 0.0355. The third-order valence-corrected chi connectivity index (χ3v) is 17.2. The van der Waals surface area contributed by atoms with Gasteiger partial charge in [0.15, 0.2) is 5.96 Å². The molecule has 1 aliphatic carbocycles. The summed E-state index contributed by atoms with van der Waals surface area (Å²) in [6.07, 6.45) is 4.56. The largest absolute Gasteiger partial charge is 0.494 e. The van der Waals surface area contributed by atoms with Crippen molar-refractivity contribution in [2.45, 2.75) is 158 Å². The number of nitrogens with zero attached hydrogens (tertiary/aromatic N) is 2. The van der Waals surface area contributed by atoms with Crippen molar-refractivity contribution >= 4 is 86.6 Å². The van der Waals surface area contributed by atoms with E-state index in [0.29, 0.717) is 42.7 Å². The molecule has 26 heteroatoms. The summed E-state index contributed by atoms with van der Waals surface area (Å²) >= 11 is 0. The van der Waals surface area contributed by atoms with Gasteiger partial charge in [0.25, 0.3) is 0 Å². The summed E-state index contributed by atoms with van der Waals surface area (Å²) < 4.78 is 5.07. The Labute approximate surface area is 474 Å². The first-order chi connectivity index (χ1) is 38.2. The number of hydrogen-bond donors (Lipinski definition) is 11. The van der Waals surface area contributed by atoms with Crippen molar-refractivity contribution in [3.05, 3.63) is 65.7 Å². The van der Waals surface area contributed by atoms with E-state index in [1.165, 1.54) is 26.5 Å². The van der Waals surface area contributed by atoms with Crippen LogP contribution in [0.3, 0.4) is 0 Å². The van der Waals surface area contributed by atoms with Gasteiger partial charge in [-0.15, -0.1) is 0 Å². The highest BCUT2D eigenvalue weighted by molar-refractivity contribution is 8.77. The van der Waals surface area contributed by atoms with Gasteiger partial charge in [-0.05, 0) is 74.1 Å². The molecule has 0 bridgehead atoms. The molecule has 10 amide bonds. The predicted octanol–water partition coefficient (Wildman–Crippen LogP) is -0.165. The summed E-state index contributed by atoms with van der Waals surface area (Å²) in [5.74, 6) is -7.86. The van der Waals surface area contributed by atoms with Gasteiger partial charge in [0, 0.05) is 42.9 Å². The standard InChI is InChI=1S/C54H79N13O11S2/c1-4-25-78-35-19-17-34(18-20-35)27-37-47(72)63-38(26-33-13-7-5-8-14-33)49(74)66-45(32(2)3)51(76)64-39(28-42(55)68)48(73)65-40(31-79-80-54(29-44(70)61-37)21-9-6-10-22-54)52(77)67-24-12-16-41(67)50(75)62-36(15-11-23-59-53(57)58)46(71)60-30-43(56)69/h5,7-8,13-14,17-20,32,36-41,45H,4,6,9-12,15-16,21-31H2,1-3H3,(H2,55,68)(H2,56,69)(H,60,71)(H,61,70)(H,62,75)(H,63,72)(H,64,76)(H,65,73)(H,66,74)(H4,57,58,59)/t36-,37-,38-,39-,40-,41-,45-/m0/s1. The van der Waals surface area contributed by atoms with E-state index in [0.717, 1.165) is 25.7 Å². The maximum atomic E-state index is 15.0. The number of benzene rings is 2. The molecule has 2 heterocycles. The fourth-order valence-corrected chi connectivity index (χ4v) is 13.1. The van der Waals surface area contributed by atoms with E-state index in [2.05, 4.69) is 42.2 Å². The minimum atomic E-state index is -1.66. The number of carbonyl (C=O) groups is 10. The number of amides is 10. The molecule has 2 aromatic rings. The van der Waals surface area contributed by atoms with Gasteiger partial charge in [-0.25, -0.2) is 0 Å². The molecule has 3 fully saturated rings. The summed E-state index contributed by atoms with van der Waals surface area (Å²) in [6.45, 7) is 5.49. The van der Waals surface area contributed by atoms with Gasteiger partial charge in [0.1, 0.15) is 48.0 Å². The van der Waals surface area contributed by atoms with Gasteiger partial charge in [0.05, 0.1) is 19.6 Å². The molecule has 0 unspecified atom stereocenters. The van der Waals surface area contributed by atoms with E-state index in [1.54, 1.807) is 68.4 Å². The molecule has 438 valence electrons. The summed E-state index contributed by atoms with van der Waals surface area (Å²) in [5.41, 5.74) is 23.2. The zero-order valence-electron chi connectivity index (χ0n) is 45.8. The molecule has 2 saturated heterocycles. The number of nitrogens with one attached hydrogen (secondary N) is 7. The van der Waals surface area contributed by atoms with E-state index in [9.17, 15) is 47.9 Å². The fourth-order valence-electron chi connectivity index (χ4n) is 9.72. The van der Waals surface area contributed by atoms with Crippen LogP contribution in [0.4, 0.5) is 0 Å². The van der Waals surface area contributed by atoms with Gasteiger partial charge in [-0.1, -0.05) is 104 Å². The normalized spacial score (nSPS) is 22.8. The van der Waals surface area contributed by atoms with Crippen molar-refractivity contribution < 1.29 is 52.7 Å². The molecule has 15 N–H and O–H groups in total. The van der Waals surface area contributed by atoms with Crippen LogP contribution in [0.15, 0.2) is 59.6 Å². The summed E-state index contributed by atoms with van der Waals surface area (Å²) in [7, 11) is 2.59. The SMILES string of the molecule is CCCOc1ccc(C[C@@H]2NC(=O)CC3(CCCCC3)SSC[C@@H](C(=O)N3CCC[C@H]3C(=O)N[C@@H](CCCN=C(N)N)C(=O)NCC(N)=O)NC(=O)[C@H](CC(N)=O)NC(=O)[C@H](C(C)C)NC(=O)[C@H](Cc3ccccc3)NC2=O)cc1. The molecule has 0 aromatic heterocycles. The Bertz CT molecular complexity index is 2510. The molecular weight excluding hydrogens is 1070 g/mol. The van der Waals surface area contributed by atoms with E-state index in [1.807, 2.05) is 6.92 Å². The number of hydrogen-bond acceptors (Lipinski definition) is 14. The zero-order chi connectivity index (χ0) is 58.4. The minimum Gasteiger partial charge on any atom is -0.494 e. The molecule has 7 atom stereocenters. The average molecular weight is 1150 g/mol. The predicted molar refractivity (Wildman–Crippen MR) is 304 cm³/mol. The van der Waals surface area contributed by atoms with Crippen LogP contribution in [-0.4, -0.2) is 149 Å². The van der Waals surface area contributed by atoms with Gasteiger partial charge >= 0.3 is 0 Å². The monoisotopic (exact) mass is 1150 g/mol. The minimum absolute atomic E-state index is 0.0127. The van der Waals surface area contributed by atoms with Crippen molar-refractivity contribution in [1.82, 2.24) is 42.1 Å². The lowest BCUT2D eigenvalue weighted by atomic mass is 9.85. The van der Waals surface area contributed by atoms with E-state index < -0.39 is 125 Å². The topological polar surface area (TPSA) is 384 Å². The molecule has 24 nitrogen and oxygen atoms in total. The number of carbonyl (C=O) groups excluding carboxylic acids is 10. The molecule has 0 radical (unpaired) electrons. The molecule has 1 saturated carbocycles. The van der Waals surface area contributed by atoms with Crippen LogP contribution in [0.5, 0.6) is 5.75 Å². The second kappa shape index (κ2) is 31.6. The van der Waals surface area contributed by atoms with Crippen LogP contribution in [0.2, 0.25) is 0 Å². The second-order valence-electron chi connectivity index (χ2n) is 20.8. The van der Waals surface area contributed by atoms with Gasteiger partial charge in [-0.2, -0.15) is 0 Å². The Morgan fingerprint density at radius 2 is 1.41 bits per heavy atom. The van der Waals surface area contributed by atoms with Crippen LogP contribution in [0.1, 0.15) is 109 Å². The van der Waals surface area contributed by atoms with Gasteiger partial charge in [-0.3, -0.25) is 52.9 Å². The first-order valence-electron chi connectivity index (χ1n) is 27.2. The van der Waals surface area contributed by atoms with Crippen LogP contribution < -0.4 is 64.9 Å². The third-order valence-electron chi connectivity index (χ3n) is 13.9. The maximum absolute atomic E-state index is 15.0. The van der Waals surface area contributed by atoms with Crippen molar-refractivity contribution in [2.24, 2.45) is 33.8 Å². The van der Waals surface area contributed by atoms with Crippen molar-refractivity contribution in [3.63, 3.8) is 0 Å². The highest BCUT2D eigenvalue weighted by Crippen LogP contribution is 2.48. The molecule has 1 spiro atoms. The molecular formula is C54H79N13O11S2. The van der Waals surface area contributed by atoms with E-state index >= 15 is 0 Å².